The summed E-state index contributed by atoms with van der Waals surface area (Å²) in [6.45, 7) is 3.66. The van der Waals surface area contributed by atoms with Crippen LogP contribution in [0.5, 0.6) is 5.75 Å². The van der Waals surface area contributed by atoms with Crippen LogP contribution in [0.1, 0.15) is 24.5 Å². The average Bonchev–Trinajstić information content (AvgIpc) is 2.90. The Morgan fingerprint density at radius 1 is 1.12 bits per heavy atom. The number of nitrogens with zero attached hydrogens (tertiary/aromatic N) is 1. The molecule has 3 rings (SSSR count). The molecule has 0 fully saturated rings. The number of rotatable bonds is 7. The maximum atomic E-state index is 12.7. The first-order valence-electron chi connectivity index (χ1n) is 8.77. The number of amides is 1. The second-order valence-corrected chi connectivity index (χ2v) is 6.00. The summed E-state index contributed by atoms with van der Waals surface area (Å²) in [5.74, 6) is 0.945. The fourth-order valence-corrected chi connectivity index (χ4v) is 3.16. The molecule has 1 aliphatic heterocycles. The highest BCUT2D eigenvalue weighted by atomic mass is 16.5. The van der Waals surface area contributed by atoms with Gasteiger partial charge in [-0.15, -0.1) is 0 Å². The first-order chi connectivity index (χ1) is 12.2. The van der Waals surface area contributed by atoms with Gasteiger partial charge in [0.2, 0.25) is 0 Å². The molecule has 130 valence electrons. The topological polar surface area (TPSA) is 55.6 Å². The van der Waals surface area contributed by atoms with Crippen molar-refractivity contribution in [2.75, 3.05) is 24.6 Å². The minimum Gasteiger partial charge on any atom is -0.494 e. The molecular weight excluding hydrogens is 312 g/mol. The molecule has 2 aromatic carbocycles. The molecule has 4 heteroatoms. The number of anilines is 1. The Labute approximate surface area is 148 Å². The van der Waals surface area contributed by atoms with Crippen molar-refractivity contribution >= 4 is 17.2 Å². The second-order valence-electron chi connectivity index (χ2n) is 6.00. The molecule has 1 amide bonds. The van der Waals surface area contributed by atoms with Crippen LogP contribution in [0.4, 0.5) is 5.69 Å². The van der Waals surface area contributed by atoms with Crippen LogP contribution >= 0.6 is 0 Å². The van der Waals surface area contributed by atoms with Gasteiger partial charge in [0.25, 0.3) is 5.91 Å². The summed E-state index contributed by atoms with van der Waals surface area (Å²) in [7, 11) is 0. The number of hydrogen-bond acceptors (Lipinski definition) is 3. The lowest BCUT2D eigenvalue weighted by Gasteiger charge is -2.15. The Morgan fingerprint density at radius 2 is 1.88 bits per heavy atom. The summed E-state index contributed by atoms with van der Waals surface area (Å²) in [4.78, 5) is 14.5. The summed E-state index contributed by atoms with van der Waals surface area (Å²) >= 11 is 0. The fraction of sp³-hybridized carbons (Fsp3) is 0.286. The Hall–Kier alpha value is -2.59. The normalized spacial score (nSPS) is 14.9. The molecule has 0 bridgehead atoms. The van der Waals surface area contributed by atoms with E-state index in [4.69, 9.17) is 10.5 Å². The van der Waals surface area contributed by atoms with Gasteiger partial charge in [0.15, 0.2) is 0 Å². The number of para-hydroxylation sites is 1. The minimum absolute atomic E-state index is 0.0540. The van der Waals surface area contributed by atoms with E-state index in [1.807, 2.05) is 49.4 Å². The van der Waals surface area contributed by atoms with Gasteiger partial charge in [-0.1, -0.05) is 36.4 Å². The monoisotopic (exact) mass is 336 g/mol. The molecule has 0 radical (unpaired) electrons. The first kappa shape index (κ1) is 17.2. The third-order valence-electron chi connectivity index (χ3n) is 4.33. The zero-order valence-corrected chi connectivity index (χ0v) is 14.6. The van der Waals surface area contributed by atoms with Crippen molar-refractivity contribution in [3.63, 3.8) is 0 Å². The SMILES string of the molecule is CCOc1ccc(CC/C=C2/C(=O)N(CCN)c3ccccc32)cc1. The molecule has 0 saturated carbocycles. The summed E-state index contributed by atoms with van der Waals surface area (Å²) in [5.41, 5.74) is 9.65. The first-order valence-corrected chi connectivity index (χ1v) is 8.77. The lowest BCUT2D eigenvalue weighted by atomic mass is 10.0. The van der Waals surface area contributed by atoms with Crippen molar-refractivity contribution in [1.82, 2.24) is 0 Å². The minimum atomic E-state index is 0.0540. The van der Waals surface area contributed by atoms with E-state index < -0.39 is 0 Å². The van der Waals surface area contributed by atoms with E-state index in [1.165, 1.54) is 5.56 Å². The summed E-state index contributed by atoms with van der Waals surface area (Å²) in [6, 6.07) is 16.1. The molecule has 25 heavy (non-hydrogen) atoms. The molecule has 0 atom stereocenters. The Morgan fingerprint density at radius 3 is 2.60 bits per heavy atom. The maximum Gasteiger partial charge on any atom is 0.258 e. The standard InChI is InChI=1S/C21H24N2O2/c1-2-25-17-12-10-16(11-13-17)6-5-8-19-18-7-3-4-9-20(18)23(15-14-22)21(19)24/h3-4,7-13H,2,5-6,14-15,22H2,1H3/b19-8+. The van der Waals surface area contributed by atoms with Crippen LogP contribution in [0.15, 0.2) is 54.6 Å². The van der Waals surface area contributed by atoms with Crippen LogP contribution < -0.4 is 15.4 Å². The van der Waals surface area contributed by atoms with Crippen LogP contribution in [0.25, 0.3) is 5.57 Å². The van der Waals surface area contributed by atoms with Crippen molar-refractivity contribution in [1.29, 1.82) is 0 Å². The van der Waals surface area contributed by atoms with Crippen molar-refractivity contribution in [3.8, 4) is 5.75 Å². The van der Waals surface area contributed by atoms with E-state index in [2.05, 4.69) is 12.1 Å². The largest absolute Gasteiger partial charge is 0.494 e. The lowest BCUT2D eigenvalue weighted by molar-refractivity contribution is -0.113. The summed E-state index contributed by atoms with van der Waals surface area (Å²) in [6.07, 6.45) is 3.76. The van der Waals surface area contributed by atoms with E-state index in [0.717, 1.165) is 35.4 Å². The Kier molecular flexibility index (Phi) is 5.51. The zero-order valence-electron chi connectivity index (χ0n) is 14.6. The molecular formula is C21H24N2O2. The van der Waals surface area contributed by atoms with E-state index in [1.54, 1.807) is 4.90 Å². The number of ether oxygens (including phenoxy) is 1. The highest BCUT2D eigenvalue weighted by Gasteiger charge is 2.30. The van der Waals surface area contributed by atoms with Crippen LogP contribution in [-0.4, -0.2) is 25.6 Å². The van der Waals surface area contributed by atoms with Crippen molar-refractivity contribution in [3.05, 3.63) is 65.7 Å². The van der Waals surface area contributed by atoms with Crippen LogP contribution in [-0.2, 0) is 11.2 Å². The molecule has 4 nitrogen and oxygen atoms in total. The third kappa shape index (κ3) is 3.74. The van der Waals surface area contributed by atoms with E-state index >= 15 is 0 Å². The number of carbonyl (C=O) groups excluding carboxylic acids is 1. The van der Waals surface area contributed by atoms with Crippen molar-refractivity contribution in [2.45, 2.75) is 19.8 Å². The van der Waals surface area contributed by atoms with E-state index in [9.17, 15) is 4.79 Å². The molecule has 0 saturated heterocycles. The second kappa shape index (κ2) is 7.99. The van der Waals surface area contributed by atoms with Crippen LogP contribution in [0.2, 0.25) is 0 Å². The Balaban J connectivity index is 1.72. The molecule has 2 aromatic rings. The predicted molar refractivity (Wildman–Crippen MR) is 102 cm³/mol. The van der Waals surface area contributed by atoms with Gasteiger partial charge in [0, 0.05) is 24.2 Å². The van der Waals surface area contributed by atoms with Crippen molar-refractivity contribution < 1.29 is 9.53 Å². The van der Waals surface area contributed by atoms with Crippen LogP contribution in [0.3, 0.4) is 0 Å². The van der Waals surface area contributed by atoms with Crippen LogP contribution in [0, 0.1) is 0 Å². The zero-order chi connectivity index (χ0) is 17.6. The number of hydrogen-bond donors (Lipinski definition) is 1. The number of allylic oxidation sites excluding steroid dienone is 1. The van der Waals surface area contributed by atoms with E-state index in [-0.39, 0.29) is 5.91 Å². The predicted octanol–water partition coefficient (Wildman–Crippen LogP) is 3.41. The molecule has 0 unspecified atom stereocenters. The average molecular weight is 336 g/mol. The smallest absolute Gasteiger partial charge is 0.258 e. The third-order valence-corrected chi connectivity index (χ3v) is 4.33. The molecule has 1 heterocycles. The molecule has 0 aromatic heterocycles. The van der Waals surface area contributed by atoms with Gasteiger partial charge in [-0.3, -0.25) is 4.79 Å². The number of carbonyl (C=O) groups is 1. The van der Waals surface area contributed by atoms with Gasteiger partial charge in [-0.2, -0.15) is 0 Å². The van der Waals surface area contributed by atoms with Gasteiger partial charge < -0.3 is 15.4 Å². The van der Waals surface area contributed by atoms with Gasteiger partial charge >= 0.3 is 0 Å². The van der Waals surface area contributed by atoms with Gasteiger partial charge in [0.1, 0.15) is 5.75 Å². The van der Waals surface area contributed by atoms with Gasteiger partial charge in [-0.25, -0.2) is 0 Å². The molecule has 1 aliphatic rings. The Bertz CT molecular complexity index is 766. The van der Waals surface area contributed by atoms with E-state index in [0.29, 0.717) is 19.7 Å². The number of fused-ring (bicyclic) bond motifs is 1. The maximum absolute atomic E-state index is 12.7. The number of aryl methyl sites for hydroxylation is 1. The van der Waals surface area contributed by atoms with Gasteiger partial charge in [0.05, 0.1) is 12.3 Å². The molecule has 0 spiro atoms. The quantitative estimate of drug-likeness (QED) is 0.788. The number of nitrogens with two attached hydrogens (primary N) is 1. The highest BCUT2D eigenvalue weighted by Crippen LogP contribution is 2.36. The summed E-state index contributed by atoms with van der Waals surface area (Å²) in [5, 5.41) is 0. The highest BCUT2D eigenvalue weighted by molar-refractivity contribution is 6.32. The number of benzene rings is 2. The van der Waals surface area contributed by atoms with Gasteiger partial charge in [-0.05, 0) is 43.5 Å². The lowest BCUT2D eigenvalue weighted by Crippen LogP contribution is -2.31. The molecule has 2 N–H and O–H groups in total. The molecule has 0 aliphatic carbocycles. The van der Waals surface area contributed by atoms with Crippen molar-refractivity contribution in [2.24, 2.45) is 5.73 Å². The summed E-state index contributed by atoms with van der Waals surface area (Å²) < 4.78 is 5.46. The fourth-order valence-electron chi connectivity index (χ4n) is 3.16.